The fraction of sp³-hybridized carbons (Fsp3) is 0.297. The van der Waals surface area contributed by atoms with E-state index in [1.165, 1.54) is 0 Å². The van der Waals surface area contributed by atoms with E-state index in [0.717, 1.165) is 32.6 Å². The molecule has 1 amide bonds. The second kappa shape index (κ2) is 14.1. The van der Waals surface area contributed by atoms with Gasteiger partial charge in [-0.05, 0) is 79.6 Å². The Bertz CT molecular complexity index is 1790. The molecule has 0 spiro atoms. The van der Waals surface area contributed by atoms with Gasteiger partial charge in [-0.25, -0.2) is 0 Å². The molecule has 5 aromatic rings. The molecule has 3 aromatic carbocycles. The number of anilines is 1. The number of thioether (sulfide) groups is 1. The number of hydrogen-bond donors (Lipinski definition) is 1. The van der Waals surface area contributed by atoms with Crippen LogP contribution in [-0.4, -0.2) is 37.5 Å². The molecule has 0 saturated heterocycles. The second-order valence-electron chi connectivity index (χ2n) is 13.0. The summed E-state index contributed by atoms with van der Waals surface area (Å²) in [5.74, 6) is 0.392. The van der Waals surface area contributed by atoms with E-state index in [0.29, 0.717) is 41.0 Å². The van der Waals surface area contributed by atoms with Gasteiger partial charge in [-0.2, -0.15) is 0 Å². The quantitative estimate of drug-likeness (QED) is 0.141. The Morgan fingerprint density at radius 3 is 2.17 bits per heavy atom. The Hall–Kier alpha value is -3.49. The largest absolute Gasteiger partial charge is 0.484 e. The monoisotopic (exact) mass is 675 g/mol. The van der Waals surface area contributed by atoms with Crippen molar-refractivity contribution < 1.29 is 14.6 Å². The average molecular weight is 677 g/mol. The molecule has 0 atom stereocenters. The molecule has 240 valence electrons. The van der Waals surface area contributed by atoms with Gasteiger partial charge in [-0.1, -0.05) is 68.2 Å². The van der Waals surface area contributed by atoms with Crippen molar-refractivity contribution in [2.75, 3.05) is 11.5 Å². The third-order valence-corrected chi connectivity index (χ3v) is 9.00. The summed E-state index contributed by atoms with van der Waals surface area (Å²) >= 11 is 14.0. The molecule has 9 heteroatoms. The van der Waals surface area contributed by atoms with Crippen molar-refractivity contribution in [3.63, 3.8) is 0 Å². The van der Waals surface area contributed by atoms with Crippen LogP contribution in [0.25, 0.3) is 10.9 Å². The zero-order valence-electron chi connectivity index (χ0n) is 26.8. The number of hydrogen-bond acceptors (Lipinski definition) is 5. The van der Waals surface area contributed by atoms with Crippen LogP contribution in [0.2, 0.25) is 10.0 Å². The molecule has 6 nitrogen and oxygen atoms in total. The van der Waals surface area contributed by atoms with Crippen molar-refractivity contribution in [3.05, 3.63) is 118 Å². The van der Waals surface area contributed by atoms with Crippen molar-refractivity contribution in [1.29, 1.82) is 0 Å². The van der Waals surface area contributed by atoms with Crippen LogP contribution in [0.4, 0.5) is 5.69 Å². The van der Waals surface area contributed by atoms with Crippen LogP contribution >= 0.6 is 35.0 Å². The topological polar surface area (TPSA) is 67.6 Å². The minimum absolute atomic E-state index is 0.0908. The zero-order chi connectivity index (χ0) is 33.1. The number of pyridine rings is 1. The third kappa shape index (κ3) is 8.85. The number of benzene rings is 3. The first-order valence-corrected chi connectivity index (χ1v) is 16.7. The van der Waals surface area contributed by atoms with Crippen molar-refractivity contribution in [2.45, 2.75) is 69.4 Å². The van der Waals surface area contributed by atoms with Crippen LogP contribution in [0.3, 0.4) is 0 Å². The first kappa shape index (κ1) is 33.9. The summed E-state index contributed by atoms with van der Waals surface area (Å²) in [5, 5.41) is 13.3. The van der Waals surface area contributed by atoms with Gasteiger partial charge in [0.2, 0.25) is 0 Å². The van der Waals surface area contributed by atoms with Crippen molar-refractivity contribution >= 4 is 57.5 Å². The van der Waals surface area contributed by atoms with Gasteiger partial charge >= 0.3 is 0 Å². The zero-order valence-corrected chi connectivity index (χ0v) is 29.1. The Labute approximate surface area is 285 Å². The van der Waals surface area contributed by atoms with Gasteiger partial charge < -0.3 is 19.3 Å². The minimum atomic E-state index is -0.926. The molecule has 0 saturated carbocycles. The van der Waals surface area contributed by atoms with Crippen LogP contribution < -0.4 is 9.64 Å². The standard InChI is InChI=1S/C37H39Cl2N3O3S/c1-36(2,3)46-35-31-19-30(16-17-32(31)42(33(35)20-37(4,5)44)23-26-10-14-28(39)15-11-26)45-24-34(43)41(29-7-6-18-40-21-29)22-25-8-12-27(38)13-9-25/h6-19,21,44H,20,22-24H2,1-5H3. The lowest BCUT2D eigenvalue weighted by Crippen LogP contribution is -2.34. The van der Waals surface area contributed by atoms with Gasteiger partial charge in [-0.15, -0.1) is 11.8 Å². The molecule has 0 aliphatic carbocycles. The van der Waals surface area contributed by atoms with E-state index in [9.17, 15) is 9.90 Å². The smallest absolute Gasteiger partial charge is 0.265 e. The van der Waals surface area contributed by atoms with Gasteiger partial charge in [0.15, 0.2) is 6.61 Å². The van der Waals surface area contributed by atoms with E-state index in [2.05, 4.69) is 30.3 Å². The van der Waals surface area contributed by atoms with Gasteiger partial charge in [0.05, 0.1) is 24.0 Å². The molecule has 5 rings (SSSR count). The molecule has 46 heavy (non-hydrogen) atoms. The van der Waals surface area contributed by atoms with E-state index >= 15 is 0 Å². The molecule has 0 bridgehead atoms. The molecule has 0 unspecified atom stereocenters. The highest BCUT2D eigenvalue weighted by Gasteiger charge is 2.27. The number of aliphatic hydroxyl groups is 1. The fourth-order valence-corrected chi connectivity index (χ4v) is 6.67. The lowest BCUT2D eigenvalue weighted by Gasteiger charge is -2.23. The van der Waals surface area contributed by atoms with Crippen LogP contribution in [0.5, 0.6) is 5.75 Å². The maximum atomic E-state index is 13.7. The number of ether oxygens (including phenoxy) is 1. The normalized spacial score (nSPS) is 12.0. The van der Waals surface area contributed by atoms with Gasteiger partial charge in [-0.3, -0.25) is 9.78 Å². The van der Waals surface area contributed by atoms with Gasteiger partial charge in [0, 0.05) is 55.4 Å². The molecular weight excluding hydrogens is 637 g/mol. The Morgan fingerprint density at radius 1 is 0.935 bits per heavy atom. The first-order chi connectivity index (χ1) is 21.8. The molecule has 2 aromatic heterocycles. The van der Waals surface area contributed by atoms with E-state index in [-0.39, 0.29) is 17.3 Å². The van der Waals surface area contributed by atoms with Gasteiger partial charge in [0.25, 0.3) is 5.91 Å². The summed E-state index contributed by atoms with van der Waals surface area (Å²) in [6.45, 7) is 11.0. The van der Waals surface area contributed by atoms with Crippen LogP contribution in [-0.2, 0) is 24.3 Å². The third-order valence-electron chi connectivity index (χ3n) is 7.23. The van der Waals surface area contributed by atoms with E-state index in [1.54, 1.807) is 35.1 Å². The number of fused-ring (bicyclic) bond motifs is 1. The second-order valence-corrected chi connectivity index (χ2v) is 15.7. The molecule has 0 radical (unpaired) electrons. The van der Waals surface area contributed by atoms with Crippen LogP contribution in [0.1, 0.15) is 51.4 Å². The highest BCUT2D eigenvalue weighted by atomic mass is 35.5. The van der Waals surface area contributed by atoms with Crippen LogP contribution in [0.15, 0.2) is 96.2 Å². The number of amides is 1. The van der Waals surface area contributed by atoms with Gasteiger partial charge in [0.1, 0.15) is 5.75 Å². The van der Waals surface area contributed by atoms with Crippen LogP contribution in [0, 0.1) is 0 Å². The fourth-order valence-electron chi connectivity index (χ4n) is 5.24. The molecule has 2 heterocycles. The van der Waals surface area contributed by atoms with Crippen molar-refractivity contribution in [3.8, 4) is 5.75 Å². The summed E-state index contributed by atoms with van der Waals surface area (Å²) in [6.07, 6.45) is 3.81. The summed E-state index contributed by atoms with van der Waals surface area (Å²) < 4.78 is 8.37. The molecular formula is C37H39Cl2N3O3S. The summed E-state index contributed by atoms with van der Waals surface area (Å²) in [5.41, 5.74) is 3.88. The Balaban J connectivity index is 1.49. The minimum Gasteiger partial charge on any atom is -0.484 e. The number of nitrogens with zero attached hydrogens (tertiary/aromatic N) is 3. The first-order valence-electron chi connectivity index (χ1n) is 15.1. The lowest BCUT2D eigenvalue weighted by atomic mass is 10.0. The number of carbonyl (C=O) groups is 1. The number of halogens is 2. The maximum absolute atomic E-state index is 13.7. The SMILES string of the molecule is CC(C)(O)Cc1c(SC(C)(C)C)c2cc(OCC(=O)N(Cc3ccc(Cl)cc3)c3cccnc3)ccc2n1Cc1ccc(Cl)cc1. The highest BCUT2D eigenvalue weighted by Crippen LogP contribution is 2.43. The molecule has 1 N–H and O–H groups in total. The molecule has 0 fully saturated rings. The lowest BCUT2D eigenvalue weighted by molar-refractivity contribution is -0.120. The number of aromatic nitrogens is 2. The number of rotatable bonds is 11. The molecule has 0 aliphatic rings. The highest BCUT2D eigenvalue weighted by molar-refractivity contribution is 8.00. The van der Waals surface area contributed by atoms with Crippen molar-refractivity contribution in [2.24, 2.45) is 0 Å². The Kier molecular flexibility index (Phi) is 10.4. The van der Waals surface area contributed by atoms with E-state index in [4.69, 9.17) is 27.9 Å². The maximum Gasteiger partial charge on any atom is 0.265 e. The summed E-state index contributed by atoms with van der Waals surface area (Å²) in [4.78, 5) is 20.6. The molecule has 0 aliphatic heterocycles. The average Bonchev–Trinajstić information content (AvgIpc) is 3.25. The Morgan fingerprint density at radius 2 is 1.59 bits per heavy atom. The van der Waals surface area contributed by atoms with E-state index in [1.807, 2.05) is 86.6 Å². The predicted octanol–water partition coefficient (Wildman–Crippen LogP) is 9.21. The summed E-state index contributed by atoms with van der Waals surface area (Å²) in [7, 11) is 0. The summed E-state index contributed by atoms with van der Waals surface area (Å²) in [6, 6.07) is 24.9. The van der Waals surface area contributed by atoms with Crippen molar-refractivity contribution in [1.82, 2.24) is 9.55 Å². The predicted molar refractivity (Wildman–Crippen MR) is 190 cm³/mol. The van der Waals surface area contributed by atoms with E-state index < -0.39 is 5.60 Å². The number of carbonyl (C=O) groups excluding carboxylic acids is 1.